The Bertz CT molecular complexity index is 539. The van der Waals surface area contributed by atoms with Crippen molar-refractivity contribution < 1.29 is 4.74 Å². The average molecular weight is 361 g/mol. The van der Waals surface area contributed by atoms with Crippen molar-refractivity contribution in [1.82, 2.24) is 5.32 Å². The molecule has 0 saturated carbocycles. The van der Waals surface area contributed by atoms with Crippen molar-refractivity contribution in [2.24, 2.45) is 0 Å². The van der Waals surface area contributed by atoms with Gasteiger partial charge in [-0.25, -0.2) is 0 Å². The second-order valence-corrected chi connectivity index (χ2v) is 6.77. The lowest BCUT2D eigenvalue weighted by molar-refractivity contribution is 0.401. The lowest BCUT2D eigenvalue weighted by Crippen LogP contribution is -2.18. The maximum absolute atomic E-state index is 6.03. The van der Waals surface area contributed by atoms with Gasteiger partial charge in [0.2, 0.25) is 0 Å². The first-order valence-electron chi connectivity index (χ1n) is 5.92. The number of ether oxygens (including phenoxy) is 1. The van der Waals surface area contributed by atoms with Gasteiger partial charge >= 0.3 is 0 Å². The Kier molecular flexibility index (Phi) is 5.28. The number of benzene rings is 1. The highest BCUT2D eigenvalue weighted by atomic mass is 79.9. The fourth-order valence-electron chi connectivity index (χ4n) is 1.87. The number of methoxy groups -OCH3 is 1. The van der Waals surface area contributed by atoms with Crippen LogP contribution < -0.4 is 10.1 Å². The molecular formula is C14H15BrClNOS. The molecule has 102 valence electrons. The van der Waals surface area contributed by atoms with E-state index < -0.39 is 0 Å². The van der Waals surface area contributed by atoms with Crippen LogP contribution in [0.4, 0.5) is 0 Å². The van der Waals surface area contributed by atoms with Crippen molar-refractivity contribution >= 4 is 38.9 Å². The van der Waals surface area contributed by atoms with Crippen molar-refractivity contribution in [2.45, 2.75) is 19.5 Å². The van der Waals surface area contributed by atoms with Crippen molar-refractivity contribution in [2.75, 3.05) is 7.11 Å². The molecule has 5 heteroatoms. The smallest absolute Gasteiger partial charge is 0.123 e. The molecule has 1 atom stereocenters. The minimum absolute atomic E-state index is 0.218. The van der Waals surface area contributed by atoms with Crippen LogP contribution in [0.2, 0.25) is 4.34 Å². The molecular weight excluding hydrogens is 346 g/mol. The number of para-hydroxylation sites is 1. The molecule has 0 saturated heterocycles. The minimum Gasteiger partial charge on any atom is -0.496 e. The average Bonchev–Trinajstić information content (AvgIpc) is 2.75. The van der Waals surface area contributed by atoms with Gasteiger partial charge in [0.15, 0.2) is 0 Å². The van der Waals surface area contributed by atoms with Gasteiger partial charge in [-0.05, 0) is 35.0 Å². The van der Waals surface area contributed by atoms with Crippen molar-refractivity contribution in [3.8, 4) is 5.75 Å². The minimum atomic E-state index is 0.218. The second-order valence-electron chi connectivity index (χ2n) is 4.18. The van der Waals surface area contributed by atoms with E-state index in [1.54, 1.807) is 18.4 Å². The van der Waals surface area contributed by atoms with Crippen molar-refractivity contribution in [1.29, 1.82) is 0 Å². The topological polar surface area (TPSA) is 21.3 Å². The number of nitrogens with one attached hydrogen (secondary N) is 1. The Morgan fingerprint density at radius 3 is 2.79 bits per heavy atom. The molecule has 0 amide bonds. The maximum atomic E-state index is 6.03. The molecule has 0 aliphatic carbocycles. The molecule has 0 aliphatic rings. The molecule has 0 aliphatic heterocycles. The number of hydrogen-bond acceptors (Lipinski definition) is 3. The highest BCUT2D eigenvalue weighted by Crippen LogP contribution is 2.32. The third-order valence-corrected chi connectivity index (χ3v) is 5.36. The molecule has 1 unspecified atom stereocenters. The summed E-state index contributed by atoms with van der Waals surface area (Å²) < 4.78 is 7.13. The summed E-state index contributed by atoms with van der Waals surface area (Å²) in [4.78, 5) is 1.21. The van der Waals surface area contributed by atoms with Crippen LogP contribution in [0, 0.1) is 0 Å². The van der Waals surface area contributed by atoms with Gasteiger partial charge in [0.1, 0.15) is 10.1 Å². The fourth-order valence-corrected chi connectivity index (χ4v) is 3.61. The van der Waals surface area contributed by atoms with Crippen LogP contribution in [-0.4, -0.2) is 7.11 Å². The molecule has 19 heavy (non-hydrogen) atoms. The third kappa shape index (κ3) is 3.72. The maximum Gasteiger partial charge on any atom is 0.123 e. The zero-order valence-corrected chi connectivity index (χ0v) is 13.9. The fraction of sp³-hybridized carbons (Fsp3) is 0.286. The summed E-state index contributed by atoms with van der Waals surface area (Å²) in [5.41, 5.74) is 1.16. The Labute approximate surface area is 130 Å². The zero-order valence-electron chi connectivity index (χ0n) is 10.7. The predicted octanol–water partition coefficient (Wildman–Crippen LogP) is 5.02. The first-order valence-corrected chi connectivity index (χ1v) is 7.90. The van der Waals surface area contributed by atoms with Crippen molar-refractivity contribution in [3.63, 3.8) is 0 Å². The lowest BCUT2D eigenvalue weighted by Gasteiger charge is -2.16. The van der Waals surface area contributed by atoms with Gasteiger partial charge in [-0.3, -0.25) is 0 Å². The SMILES string of the molecule is COc1ccccc1C(C)NCc1cc(Br)c(Cl)s1. The molecule has 0 bridgehead atoms. The van der Waals surface area contributed by atoms with Crippen LogP contribution in [0.25, 0.3) is 0 Å². The Hall–Kier alpha value is -0.550. The number of hydrogen-bond donors (Lipinski definition) is 1. The number of thiophene rings is 1. The van der Waals surface area contributed by atoms with E-state index in [0.717, 1.165) is 26.7 Å². The number of halogens is 2. The van der Waals surface area contributed by atoms with E-state index in [-0.39, 0.29) is 6.04 Å². The standard InChI is InChI=1S/C14H15BrClNOS/c1-9(11-5-3-4-6-13(11)18-2)17-8-10-7-12(15)14(16)19-10/h3-7,9,17H,8H2,1-2H3. The van der Waals surface area contributed by atoms with Crippen LogP contribution in [0.15, 0.2) is 34.8 Å². The molecule has 1 N–H and O–H groups in total. The lowest BCUT2D eigenvalue weighted by atomic mass is 10.1. The van der Waals surface area contributed by atoms with Crippen LogP contribution in [-0.2, 0) is 6.54 Å². The second kappa shape index (κ2) is 6.75. The van der Waals surface area contributed by atoms with Gasteiger partial charge in [-0.1, -0.05) is 29.8 Å². The van der Waals surface area contributed by atoms with E-state index in [1.807, 2.05) is 18.2 Å². The van der Waals surface area contributed by atoms with Crippen LogP contribution in [0.5, 0.6) is 5.75 Å². The highest BCUT2D eigenvalue weighted by molar-refractivity contribution is 9.10. The largest absolute Gasteiger partial charge is 0.496 e. The summed E-state index contributed by atoms with van der Waals surface area (Å²) in [7, 11) is 1.70. The van der Waals surface area contributed by atoms with E-state index in [1.165, 1.54) is 4.88 Å². The first kappa shape index (κ1) is 14.9. The molecule has 1 aromatic carbocycles. The van der Waals surface area contributed by atoms with Gasteiger partial charge in [-0.2, -0.15) is 0 Å². The zero-order chi connectivity index (χ0) is 13.8. The Balaban J connectivity index is 2.03. The summed E-state index contributed by atoms with van der Waals surface area (Å²) in [6.07, 6.45) is 0. The van der Waals surface area contributed by atoms with E-state index in [0.29, 0.717) is 0 Å². The summed E-state index contributed by atoms with van der Waals surface area (Å²) in [5, 5.41) is 3.48. The van der Waals surface area contributed by atoms with Crippen LogP contribution in [0.1, 0.15) is 23.4 Å². The quantitative estimate of drug-likeness (QED) is 0.808. The molecule has 2 nitrogen and oxygen atoms in total. The Morgan fingerprint density at radius 1 is 1.42 bits per heavy atom. The summed E-state index contributed by atoms with van der Waals surface area (Å²) >= 11 is 11.0. The molecule has 1 heterocycles. The molecule has 0 fully saturated rings. The van der Waals surface area contributed by atoms with Gasteiger partial charge < -0.3 is 10.1 Å². The summed E-state index contributed by atoms with van der Waals surface area (Å²) in [6, 6.07) is 10.3. The van der Waals surface area contributed by atoms with Crippen LogP contribution in [0.3, 0.4) is 0 Å². The molecule has 2 rings (SSSR count). The van der Waals surface area contributed by atoms with E-state index in [4.69, 9.17) is 16.3 Å². The van der Waals surface area contributed by atoms with E-state index >= 15 is 0 Å². The van der Waals surface area contributed by atoms with E-state index in [2.05, 4.69) is 40.3 Å². The van der Waals surface area contributed by atoms with Crippen molar-refractivity contribution in [3.05, 3.63) is 49.6 Å². The predicted molar refractivity (Wildman–Crippen MR) is 85.3 cm³/mol. The third-order valence-electron chi connectivity index (χ3n) is 2.88. The van der Waals surface area contributed by atoms with Gasteiger partial charge in [0.25, 0.3) is 0 Å². The van der Waals surface area contributed by atoms with Crippen LogP contribution >= 0.6 is 38.9 Å². The van der Waals surface area contributed by atoms with Gasteiger partial charge in [0.05, 0.1) is 7.11 Å². The van der Waals surface area contributed by atoms with E-state index in [9.17, 15) is 0 Å². The summed E-state index contributed by atoms with van der Waals surface area (Å²) in [5.74, 6) is 0.910. The molecule has 0 radical (unpaired) electrons. The monoisotopic (exact) mass is 359 g/mol. The summed E-state index contributed by atoms with van der Waals surface area (Å²) in [6.45, 7) is 2.91. The normalized spacial score (nSPS) is 12.4. The number of rotatable bonds is 5. The highest BCUT2D eigenvalue weighted by Gasteiger charge is 2.11. The molecule has 1 aromatic heterocycles. The first-order chi connectivity index (χ1) is 9.11. The van der Waals surface area contributed by atoms with Gasteiger partial charge in [0, 0.05) is 27.5 Å². The molecule has 2 aromatic rings. The van der Waals surface area contributed by atoms with Gasteiger partial charge in [-0.15, -0.1) is 11.3 Å². The Morgan fingerprint density at radius 2 is 2.16 bits per heavy atom. The molecule has 0 spiro atoms.